The van der Waals surface area contributed by atoms with E-state index in [0.717, 1.165) is 5.92 Å². The molecule has 5 aromatic carbocycles. The van der Waals surface area contributed by atoms with Gasteiger partial charge in [-0.15, -0.1) is 39.7 Å². The smallest absolute Gasteiger partial charge is 0.172 e. The number of benzene rings is 3. The summed E-state index contributed by atoms with van der Waals surface area (Å²) in [6.45, 7) is 22.9. The van der Waals surface area contributed by atoms with E-state index >= 15 is 0 Å². The van der Waals surface area contributed by atoms with Crippen LogP contribution in [-0.4, -0.2) is 3.21 Å². The van der Waals surface area contributed by atoms with Crippen LogP contribution in [0.3, 0.4) is 0 Å². The number of hydrogen-bond donors (Lipinski definition) is 0. The van der Waals surface area contributed by atoms with Gasteiger partial charge >= 0.3 is 133 Å². The van der Waals surface area contributed by atoms with Crippen molar-refractivity contribution in [3.8, 4) is 0 Å². The molecule has 0 amide bonds. The monoisotopic (exact) mass is 674 g/mol. The van der Waals surface area contributed by atoms with E-state index in [1.807, 2.05) is 30.3 Å². The Kier molecular flexibility index (Phi) is 11.9. The molecule has 1 aliphatic carbocycles. The minimum atomic E-state index is 0.203. The van der Waals surface area contributed by atoms with Crippen LogP contribution in [0.15, 0.2) is 91.0 Å². The van der Waals surface area contributed by atoms with Gasteiger partial charge in [0.05, 0.1) is 0 Å². The van der Waals surface area contributed by atoms with Crippen molar-refractivity contribution in [3.05, 3.63) is 119 Å². The number of rotatable bonds is 4. The van der Waals surface area contributed by atoms with Crippen LogP contribution in [0.4, 0.5) is 0 Å². The fourth-order valence-electron chi connectivity index (χ4n) is 6.23. The molecule has 1 aliphatic rings. The van der Waals surface area contributed by atoms with Crippen molar-refractivity contribution in [2.24, 2.45) is 5.92 Å². The van der Waals surface area contributed by atoms with Crippen molar-refractivity contribution in [1.82, 2.24) is 0 Å². The molecule has 0 nitrogen and oxygen atoms in total. The first-order valence-electron chi connectivity index (χ1n) is 17.2. The third-order valence-electron chi connectivity index (χ3n) is 9.38. The maximum atomic E-state index is 2.46. The molecule has 0 aliphatic heterocycles. The predicted molar refractivity (Wildman–Crippen MR) is 197 cm³/mol. The summed E-state index contributed by atoms with van der Waals surface area (Å²) in [5, 5.41) is 5.48. The van der Waals surface area contributed by atoms with Crippen molar-refractivity contribution >= 4 is 24.8 Å². The van der Waals surface area contributed by atoms with Gasteiger partial charge in [0.15, 0.2) is 0 Å². The van der Waals surface area contributed by atoms with Crippen LogP contribution >= 0.6 is 0 Å². The van der Waals surface area contributed by atoms with Gasteiger partial charge in [-0.25, -0.2) is 12.1 Å². The van der Waals surface area contributed by atoms with Crippen molar-refractivity contribution in [1.29, 1.82) is 0 Å². The quantitative estimate of drug-likeness (QED) is 0.166. The van der Waals surface area contributed by atoms with Gasteiger partial charge in [0.2, 0.25) is 0 Å². The molecule has 0 spiro atoms. The molecule has 45 heavy (non-hydrogen) atoms. The second-order valence-electron chi connectivity index (χ2n) is 15.8. The summed E-state index contributed by atoms with van der Waals surface area (Å²) in [5.74, 6) is 2.13. The molecule has 0 heterocycles. The number of fused-ring (bicyclic) bond motifs is 3. The Morgan fingerprint density at radius 2 is 1.11 bits per heavy atom. The van der Waals surface area contributed by atoms with Gasteiger partial charge in [-0.2, -0.15) is 18.2 Å². The molecule has 0 atom stereocenters. The normalized spacial score (nSPS) is 14.1. The Balaban J connectivity index is 0.000000178. The average molecular weight is 676 g/mol. The molecule has 5 aromatic rings. The zero-order valence-electron chi connectivity index (χ0n) is 29.7. The molecule has 1 saturated carbocycles. The van der Waals surface area contributed by atoms with Crippen molar-refractivity contribution in [2.45, 2.75) is 118 Å². The molecule has 0 bridgehead atoms. The average Bonchev–Trinajstić information content (AvgIpc) is 3.78. The third-order valence-corrected chi connectivity index (χ3v) is 11.1. The minimum Gasteiger partial charge on any atom is -0.214 e. The van der Waals surface area contributed by atoms with Crippen LogP contribution in [0.2, 0.25) is 0 Å². The third kappa shape index (κ3) is 9.35. The molecule has 1 fully saturated rings. The molecule has 1 heteroatoms. The molecule has 6 rings (SSSR count). The summed E-state index contributed by atoms with van der Waals surface area (Å²) in [5.41, 5.74) is 7.78. The fraction of sp³-hybridized carbons (Fsp3) is 0.432. The zero-order chi connectivity index (χ0) is 32.9. The van der Waals surface area contributed by atoms with E-state index in [0.29, 0.717) is 11.8 Å². The van der Waals surface area contributed by atoms with E-state index in [-0.39, 0.29) is 10.8 Å². The van der Waals surface area contributed by atoms with Crippen LogP contribution in [-0.2, 0) is 35.1 Å². The first-order valence-corrected chi connectivity index (χ1v) is 18.4. The first-order chi connectivity index (χ1) is 21.1. The first kappa shape index (κ1) is 35.5. The van der Waals surface area contributed by atoms with E-state index in [9.17, 15) is 0 Å². The van der Waals surface area contributed by atoms with Crippen molar-refractivity contribution in [3.63, 3.8) is 0 Å². The molecule has 236 valence electrons. The van der Waals surface area contributed by atoms with Crippen LogP contribution in [0.1, 0.15) is 135 Å². The van der Waals surface area contributed by atoms with E-state index in [2.05, 4.69) is 130 Å². The maximum absolute atomic E-state index is 2.46. The Morgan fingerprint density at radius 1 is 0.667 bits per heavy atom. The van der Waals surface area contributed by atoms with E-state index in [1.165, 1.54) is 69.5 Å². The summed E-state index contributed by atoms with van der Waals surface area (Å²) < 4.78 is 1.72. The Labute approximate surface area is 289 Å². The standard InChI is InChI=1S/C21H25.C18H26.C5H5.Zr/c1-20(2,3)16-7-9-18-14(12-16)11-15-13-17(21(4,5)6)8-10-19(15)18;1-13(2)17-10-16(9-15-7-5-6-8-15)11-18(12-17)14(3)4;1-2-4-5-3-1;/h7-13H,1-6H3;10-15H,5-8H2,1-4H3;1-5H;/q-1;;-1;+2. The Bertz CT molecular complexity index is 1560. The van der Waals surface area contributed by atoms with Crippen LogP contribution in [0.5, 0.6) is 0 Å². The summed E-state index contributed by atoms with van der Waals surface area (Å²) >= 11 is 1.62. The van der Waals surface area contributed by atoms with E-state index < -0.39 is 0 Å². The summed E-state index contributed by atoms with van der Waals surface area (Å²) in [7, 11) is 0. The molecule has 0 unspecified atom stereocenters. The van der Waals surface area contributed by atoms with Gasteiger partial charge in [-0.3, -0.25) is 0 Å². The molecule has 0 saturated heterocycles. The Hall–Kier alpha value is -2.37. The summed E-state index contributed by atoms with van der Waals surface area (Å²) in [6.07, 6.45) is 5.71. The van der Waals surface area contributed by atoms with Gasteiger partial charge in [-0.1, -0.05) is 76.9 Å². The molecular weight excluding hydrogens is 620 g/mol. The predicted octanol–water partition coefficient (Wildman–Crippen LogP) is 12.9. The van der Waals surface area contributed by atoms with Gasteiger partial charge in [0.25, 0.3) is 0 Å². The van der Waals surface area contributed by atoms with Crippen molar-refractivity contribution < 1.29 is 24.2 Å². The molecule has 0 aromatic heterocycles. The van der Waals surface area contributed by atoms with Gasteiger partial charge in [0, 0.05) is 0 Å². The van der Waals surface area contributed by atoms with Gasteiger partial charge < -0.3 is 0 Å². The largest absolute Gasteiger partial charge is 0.214 e. The molecular formula is C44H56Zr. The molecule has 0 radical (unpaired) electrons. The van der Waals surface area contributed by atoms with E-state index in [4.69, 9.17) is 0 Å². The zero-order valence-corrected chi connectivity index (χ0v) is 32.2. The van der Waals surface area contributed by atoms with E-state index in [1.54, 1.807) is 33.0 Å². The summed E-state index contributed by atoms with van der Waals surface area (Å²) in [4.78, 5) is 0. The van der Waals surface area contributed by atoms with Crippen LogP contribution in [0.25, 0.3) is 21.5 Å². The second-order valence-corrected chi connectivity index (χ2v) is 17.1. The van der Waals surface area contributed by atoms with Crippen LogP contribution < -0.4 is 0 Å². The SMILES string of the molecule is CC(C)(C)c1ccc2c(c1)[cH-]c1cc(C(C)(C)C)ccc12.CC(C)c1cc([C](=[Zr+2])C2CCCC2)cc(C(C)C)c1.c1cc[cH-]c1. The topological polar surface area (TPSA) is 0 Å². The number of hydrogen-bond acceptors (Lipinski definition) is 0. The van der Waals surface area contributed by atoms with Gasteiger partial charge in [0.1, 0.15) is 0 Å². The molecule has 0 N–H and O–H groups in total. The second kappa shape index (κ2) is 15.0. The maximum Gasteiger partial charge on any atom is -0.172 e. The Morgan fingerprint density at radius 3 is 1.47 bits per heavy atom. The fourth-order valence-corrected chi connectivity index (χ4v) is 7.29. The van der Waals surface area contributed by atoms with Crippen molar-refractivity contribution in [2.75, 3.05) is 0 Å². The summed E-state index contributed by atoms with van der Waals surface area (Å²) in [6, 6.07) is 33.5. The van der Waals surface area contributed by atoms with Gasteiger partial charge in [-0.05, 0) is 10.8 Å². The minimum absolute atomic E-state index is 0.203. The van der Waals surface area contributed by atoms with Crippen LogP contribution in [0, 0.1) is 5.92 Å².